The Labute approximate surface area is 118 Å². The van der Waals surface area contributed by atoms with E-state index in [9.17, 15) is 4.79 Å². The number of carbonyl (C=O) groups is 1. The second-order valence-electron chi connectivity index (χ2n) is 6.06. The van der Waals surface area contributed by atoms with Crippen LogP contribution in [-0.4, -0.2) is 24.3 Å². The zero-order valence-corrected chi connectivity index (χ0v) is 11.9. The molecule has 1 N–H and O–H groups in total. The summed E-state index contributed by atoms with van der Waals surface area (Å²) in [6.07, 6.45) is 2.09. The first kappa shape index (κ1) is 13.3. The quantitative estimate of drug-likeness (QED) is 0.918. The average Bonchev–Trinajstić information content (AvgIpc) is 3.17. The van der Waals surface area contributed by atoms with Gasteiger partial charge in [0.1, 0.15) is 13.2 Å². The second kappa shape index (κ2) is 4.69. The number of rotatable bonds is 4. The van der Waals surface area contributed by atoms with Crippen molar-refractivity contribution >= 4 is 5.97 Å². The first-order valence-electron chi connectivity index (χ1n) is 7.18. The van der Waals surface area contributed by atoms with E-state index < -0.39 is 5.97 Å². The van der Waals surface area contributed by atoms with E-state index >= 15 is 0 Å². The summed E-state index contributed by atoms with van der Waals surface area (Å²) in [6.45, 7) is 5.37. The Morgan fingerprint density at radius 1 is 1.30 bits per heavy atom. The Balaban J connectivity index is 2.09. The van der Waals surface area contributed by atoms with E-state index in [1.165, 1.54) is 0 Å². The molecule has 0 unspecified atom stereocenters. The SMILES string of the molecule is CC(C)c1c(C2(CC(=O)O)CC2)ccc2c1OCCO2. The Morgan fingerprint density at radius 3 is 2.60 bits per heavy atom. The van der Waals surface area contributed by atoms with Gasteiger partial charge < -0.3 is 14.6 Å². The van der Waals surface area contributed by atoms with Gasteiger partial charge in [-0.05, 0) is 30.4 Å². The van der Waals surface area contributed by atoms with Crippen LogP contribution in [0.15, 0.2) is 12.1 Å². The fraction of sp³-hybridized carbons (Fsp3) is 0.562. The Kier molecular flexibility index (Phi) is 3.11. The van der Waals surface area contributed by atoms with Gasteiger partial charge >= 0.3 is 5.97 Å². The van der Waals surface area contributed by atoms with E-state index in [0.29, 0.717) is 13.2 Å². The maximum Gasteiger partial charge on any atom is 0.304 e. The molecular weight excluding hydrogens is 256 g/mol. The molecule has 1 aliphatic heterocycles. The molecule has 1 fully saturated rings. The van der Waals surface area contributed by atoms with Gasteiger partial charge in [0, 0.05) is 11.0 Å². The van der Waals surface area contributed by atoms with Gasteiger partial charge in [0.15, 0.2) is 11.5 Å². The third kappa shape index (κ3) is 2.13. The van der Waals surface area contributed by atoms with Gasteiger partial charge in [-0.2, -0.15) is 0 Å². The molecular formula is C16H20O4. The Bertz CT molecular complexity index is 544. The van der Waals surface area contributed by atoms with Gasteiger partial charge in [0.05, 0.1) is 6.42 Å². The van der Waals surface area contributed by atoms with Crippen LogP contribution in [0.3, 0.4) is 0 Å². The highest BCUT2D eigenvalue weighted by Gasteiger charge is 2.48. The molecule has 0 radical (unpaired) electrons. The largest absolute Gasteiger partial charge is 0.486 e. The summed E-state index contributed by atoms with van der Waals surface area (Å²) in [6, 6.07) is 3.97. The summed E-state index contributed by atoms with van der Waals surface area (Å²) < 4.78 is 11.5. The summed E-state index contributed by atoms with van der Waals surface area (Å²) in [4.78, 5) is 11.1. The van der Waals surface area contributed by atoms with E-state index in [1.807, 2.05) is 12.1 Å². The highest BCUT2D eigenvalue weighted by molar-refractivity contribution is 5.71. The molecule has 4 nitrogen and oxygen atoms in total. The van der Waals surface area contributed by atoms with Gasteiger partial charge in [-0.3, -0.25) is 4.79 Å². The maximum atomic E-state index is 11.1. The molecule has 1 saturated carbocycles. The van der Waals surface area contributed by atoms with E-state index in [-0.39, 0.29) is 17.8 Å². The summed E-state index contributed by atoms with van der Waals surface area (Å²) in [7, 11) is 0. The van der Waals surface area contributed by atoms with Crippen molar-refractivity contribution in [1.29, 1.82) is 0 Å². The fourth-order valence-corrected chi connectivity index (χ4v) is 3.15. The smallest absolute Gasteiger partial charge is 0.304 e. The molecule has 0 saturated heterocycles. The van der Waals surface area contributed by atoms with Crippen LogP contribution < -0.4 is 9.47 Å². The van der Waals surface area contributed by atoms with Crippen molar-refractivity contribution in [2.45, 2.75) is 44.4 Å². The lowest BCUT2D eigenvalue weighted by Gasteiger charge is -2.27. The second-order valence-corrected chi connectivity index (χ2v) is 6.06. The zero-order valence-electron chi connectivity index (χ0n) is 11.9. The van der Waals surface area contributed by atoms with Crippen molar-refractivity contribution in [3.05, 3.63) is 23.3 Å². The first-order chi connectivity index (χ1) is 9.53. The lowest BCUT2D eigenvalue weighted by Crippen LogP contribution is -2.21. The summed E-state index contributed by atoms with van der Waals surface area (Å²) in [5.74, 6) is 1.16. The van der Waals surface area contributed by atoms with Crippen molar-refractivity contribution < 1.29 is 19.4 Å². The van der Waals surface area contributed by atoms with Crippen molar-refractivity contribution in [1.82, 2.24) is 0 Å². The van der Waals surface area contributed by atoms with Crippen LogP contribution in [0, 0.1) is 0 Å². The highest BCUT2D eigenvalue weighted by Crippen LogP contribution is 2.55. The van der Waals surface area contributed by atoms with Crippen molar-refractivity contribution in [3.63, 3.8) is 0 Å². The zero-order chi connectivity index (χ0) is 14.3. The first-order valence-corrected chi connectivity index (χ1v) is 7.18. The standard InChI is InChI=1S/C16H20O4/c1-10(2)14-11(16(5-6-16)9-13(17)18)3-4-12-15(14)20-8-7-19-12/h3-4,10H,5-9H2,1-2H3,(H,17,18). The van der Waals surface area contributed by atoms with Crippen LogP contribution in [0.5, 0.6) is 11.5 Å². The lowest BCUT2D eigenvalue weighted by molar-refractivity contribution is -0.137. The Hall–Kier alpha value is -1.71. The Morgan fingerprint density at radius 2 is 2.00 bits per heavy atom. The predicted octanol–water partition coefficient (Wildman–Crippen LogP) is 3.09. The highest BCUT2D eigenvalue weighted by atomic mass is 16.6. The monoisotopic (exact) mass is 276 g/mol. The summed E-state index contributed by atoms with van der Waals surface area (Å²) in [5, 5.41) is 9.16. The number of carboxylic acid groups (broad SMARTS) is 1. The van der Waals surface area contributed by atoms with Gasteiger partial charge in [0.25, 0.3) is 0 Å². The number of carboxylic acids is 1. The molecule has 3 rings (SSSR count). The molecule has 1 aliphatic carbocycles. The number of hydrogen-bond acceptors (Lipinski definition) is 3. The molecule has 0 amide bonds. The van der Waals surface area contributed by atoms with Crippen LogP contribution in [0.1, 0.15) is 50.2 Å². The van der Waals surface area contributed by atoms with Gasteiger partial charge in [-0.25, -0.2) is 0 Å². The number of ether oxygens (including phenoxy) is 2. The molecule has 20 heavy (non-hydrogen) atoms. The minimum absolute atomic E-state index is 0.193. The molecule has 0 spiro atoms. The van der Waals surface area contributed by atoms with Crippen molar-refractivity contribution in [2.24, 2.45) is 0 Å². The van der Waals surface area contributed by atoms with Gasteiger partial charge in [0.2, 0.25) is 0 Å². The average molecular weight is 276 g/mol. The van der Waals surface area contributed by atoms with E-state index in [2.05, 4.69) is 13.8 Å². The topological polar surface area (TPSA) is 55.8 Å². The van der Waals surface area contributed by atoms with Gasteiger partial charge in [-0.1, -0.05) is 19.9 Å². The molecule has 1 aromatic carbocycles. The summed E-state index contributed by atoms with van der Waals surface area (Å²) >= 11 is 0. The predicted molar refractivity (Wildman–Crippen MR) is 74.7 cm³/mol. The lowest BCUT2D eigenvalue weighted by atomic mass is 9.83. The third-order valence-corrected chi connectivity index (χ3v) is 4.24. The molecule has 0 atom stereocenters. The number of aliphatic carboxylic acids is 1. The minimum atomic E-state index is -0.730. The third-order valence-electron chi connectivity index (χ3n) is 4.24. The molecule has 0 aromatic heterocycles. The molecule has 2 aliphatic rings. The van der Waals surface area contributed by atoms with Crippen LogP contribution in [0.4, 0.5) is 0 Å². The van der Waals surface area contributed by atoms with E-state index in [0.717, 1.165) is 35.5 Å². The number of fused-ring (bicyclic) bond motifs is 1. The number of benzene rings is 1. The van der Waals surface area contributed by atoms with Crippen LogP contribution in [0.25, 0.3) is 0 Å². The molecule has 1 heterocycles. The molecule has 4 heteroatoms. The molecule has 1 aromatic rings. The number of hydrogen-bond donors (Lipinski definition) is 1. The summed E-state index contributed by atoms with van der Waals surface area (Å²) in [5.41, 5.74) is 2.07. The minimum Gasteiger partial charge on any atom is -0.486 e. The van der Waals surface area contributed by atoms with Crippen LogP contribution in [0.2, 0.25) is 0 Å². The molecule has 108 valence electrons. The van der Waals surface area contributed by atoms with Crippen LogP contribution >= 0.6 is 0 Å². The van der Waals surface area contributed by atoms with E-state index in [4.69, 9.17) is 14.6 Å². The normalized spacial score (nSPS) is 18.9. The molecule has 0 bridgehead atoms. The maximum absolute atomic E-state index is 11.1. The van der Waals surface area contributed by atoms with E-state index in [1.54, 1.807) is 0 Å². The fourth-order valence-electron chi connectivity index (χ4n) is 3.15. The van der Waals surface area contributed by atoms with Crippen molar-refractivity contribution in [2.75, 3.05) is 13.2 Å². The van der Waals surface area contributed by atoms with Gasteiger partial charge in [-0.15, -0.1) is 0 Å². The van der Waals surface area contributed by atoms with Crippen molar-refractivity contribution in [3.8, 4) is 11.5 Å². The van der Waals surface area contributed by atoms with Crippen LogP contribution in [-0.2, 0) is 10.2 Å².